The molecule has 3 N–H and O–H groups in total. The standard InChI is InChI=1S/C10H12N2O/c11-12-10(13)9-6-5-7-3-1-2-4-8(7)9/h1-4,9H,5-6,11H2,(H,12,13). The predicted molar refractivity (Wildman–Crippen MR) is 49.8 cm³/mol. The summed E-state index contributed by atoms with van der Waals surface area (Å²) in [6.07, 6.45) is 1.86. The molecule has 68 valence electrons. The molecule has 0 aromatic heterocycles. The van der Waals surface area contributed by atoms with Crippen LogP contribution in [-0.4, -0.2) is 5.91 Å². The summed E-state index contributed by atoms with van der Waals surface area (Å²) in [6, 6.07) is 8.03. The summed E-state index contributed by atoms with van der Waals surface area (Å²) in [5.74, 6) is 4.99. The summed E-state index contributed by atoms with van der Waals surface area (Å²) in [5, 5.41) is 0. The van der Waals surface area contributed by atoms with E-state index in [1.807, 2.05) is 18.2 Å². The lowest BCUT2D eigenvalue weighted by molar-refractivity contribution is -0.122. The van der Waals surface area contributed by atoms with Crippen molar-refractivity contribution in [3.8, 4) is 0 Å². The van der Waals surface area contributed by atoms with Crippen molar-refractivity contribution in [3.05, 3.63) is 35.4 Å². The third kappa shape index (κ3) is 1.31. The third-order valence-electron chi connectivity index (χ3n) is 2.59. The molecule has 0 saturated heterocycles. The number of benzene rings is 1. The Labute approximate surface area is 76.9 Å². The second kappa shape index (κ2) is 3.18. The zero-order valence-electron chi connectivity index (χ0n) is 7.29. The van der Waals surface area contributed by atoms with E-state index in [2.05, 4.69) is 11.5 Å². The van der Waals surface area contributed by atoms with E-state index in [1.54, 1.807) is 0 Å². The first kappa shape index (κ1) is 8.26. The van der Waals surface area contributed by atoms with Crippen LogP contribution in [0.4, 0.5) is 0 Å². The highest BCUT2D eigenvalue weighted by atomic mass is 16.2. The van der Waals surface area contributed by atoms with E-state index in [4.69, 9.17) is 5.84 Å². The van der Waals surface area contributed by atoms with Gasteiger partial charge in [0.25, 0.3) is 0 Å². The number of rotatable bonds is 1. The van der Waals surface area contributed by atoms with E-state index >= 15 is 0 Å². The highest BCUT2D eigenvalue weighted by molar-refractivity contribution is 5.84. The molecule has 1 aliphatic rings. The Morgan fingerprint density at radius 1 is 1.46 bits per heavy atom. The van der Waals surface area contributed by atoms with Crippen LogP contribution < -0.4 is 11.3 Å². The van der Waals surface area contributed by atoms with Crippen molar-refractivity contribution in [3.63, 3.8) is 0 Å². The fraction of sp³-hybridized carbons (Fsp3) is 0.300. The monoisotopic (exact) mass is 176 g/mol. The summed E-state index contributed by atoms with van der Waals surface area (Å²) in [5.41, 5.74) is 4.61. The van der Waals surface area contributed by atoms with Gasteiger partial charge in [0.1, 0.15) is 0 Å². The first-order valence-corrected chi connectivity index (χ1v) is 4.41. The Morgan fingerprint density at radius 3 is 3.00 bits per heavy atom. The van der Waals surface area contributed by atoms with Crippen LogP contribution in [-0.2, 0) is 11.2 Å². The molecule has 0 heterocycles. The number of aryl methyl sites for hydroxylation is 1. The molecule has 3 nitrogen and oxygen atoms in total. The van der Waals surface area contributed by atoms with Crippen molar-refractivity contribution < 1.29 is 4.79 Å². The van der Waals surface area contributed by atoms with Crippen LogP contribution in [0.5, 0.6) is 0 Å². The largest absolute Gasteiger partial charge is 0.294 e. The van der Waals surface area contributed by atoms with Gasteiger partial charge in [0, 0.05) is 0 Å². The second-order valence-corrected chi connectivity index (χ2v) is 3.30. The van der Waals surface area contributed by atoms with Gasteiger partial charge in [0.05, 0.1) is 5.92 Å². The second-order valence-electron chi connectivity index (χ2n) is 3.30. The van der Waals surface area contributed by atoms with Crippen LogP contribution >= 0.6 is 0 Å². The summed E-state index contributed by atoms with van der Waals surface area (Å²) in [4.78, 5) is 11.3. The van der Waals surface area contributed by atoms with Crippen molar-refractivity contribution in [2.24, 2.45) is 5.84 Å². The molecule has 1 atom stereocenters. The maximum atomic E-state index is 11.3. The smallest absolute Gasteiger partial charge is 0.241 e. The molecule has 1 aliphatic carbocycles. The van der Waals surface area contributed by atoms with Crippen LogP contribution in [0, 0.1) is 0 Å². The molecule has 13 heavy (non-hydrogen) atoms. The van der Waals surface area contributed by atoms with E-state index in [0.717, 1.165) is 18.4 Å². The molecule has 1 unspecified atom stereocenters. The van der Waals surface area contributed by atoms with E-state index in [9.17, 15) is 4.79 Å². The van der Waals surface area contributed by atoms with E-state index in [0.29, 0.717) is 0 Å². The predicted octanol–water partition coefficient (Wildman–Crippen LogP) is 0.706. The number of amides is 1. The minimum absolute atomic E-state index is 0.0406. The average Bonchev–Trinajstić information content (AvgIpc) is 2.60. The normalized spacial score (nSPS) is 19.6. The van der Waals surface area contributed by atoms with Crippen molar-refractivity contribution in [1.82, 2.24) is 5.43 Å². The number of carbonyl (C=O) groups is 1. The van der Waals surface area contributed by atoms with Gasteiger partial charge in [0.2, 0.25) is 5.91 Å². The maximum absolute atomic E-state index is 11.3. The van der Waals surface area contributed by atoms with Gasteiger partial charge in [-0.05, 0) is 24.0 Å². The molecule has 0 bridgehead atoms. The molecule has 0 fully saturated rings. The fourth-order valence-electron chi connectivity index (χ4n) is 1.93. The highest BCUT2D eigenvalue weighted by Crippen LogP contribution is 2.32. The zero-order valence-corrected chi connectivity index (χ0v) is 7.29. The van der Waals surface area contributed by atoms with Gasteiger partial charge in [0.15, 0.2) is 0 Å². The lowest BCUT2D eigenvalue weighted by Crippen LogP contribution is -2.33. The van der Waals surface area contributed by atoms with Gasteiger partial charge < -0.3 is 0 Å². The van der Waals surface area contributed by atoms with Gasteiger partial charge in [-0.3, -0.25) is 10.2 Å². The number of fused-ring (bicyclic) bond motifs is 1. The summed E-state index contributed by atoms with van der Waals surface area (Å²) >= 11 is 0. The SMILES string of the molecule is NNC(=O)C1CCc2ccccc21. The summed E-state index contributed by atoms with van der Waals surface area (Å²) < 4.78 is 0. The first-order valence-electron chi connectivity index (χ1n) is 4.41. The van der Waals surface area contributed by atoms with E-state index in [-0.39, 0.29) is 11.8 Å². The van der Waals surface area contributed by atoms with Gasteiger partial charge in [-0.2, -0.15) is 0 Å². The number of hydrazine groups is 1. The quantitative estimate of drug-likeness (QED) is 0.376. The summed E-state index contributed by atoms with van der Waals surface area (Å²) in [6.45, 7) is 0. The first-order chi connectivity index (χ1) is 6.33. The molecule has 0 saturated carbocycles. The molecule has 1 aromatic carbocycles. The molecule has 3 heteroatoms. The minimum Gasteiger partial charge on any atom is -0.294 e. The van der Waals surface area contributed by atoms with Gasteiger partial charge in [-0.1, -0.05) is 24.3 Å². The van der Waals surface area contributed by atoms with Crippen molar-refractivity contribution >= 4 is 5.91 Å². The van der Waals surface area contributed by atoms with Gasteiger partial charge in [-0.15, -0.1) is 0 Å². The van der Waals surface area contributed by atoms with Crippen LogP contribution in [0.3, 0.4) is 0 Å². The number of nitrogens with one attached hydrogen (secondary N) is 1. The third-order valence-corrected chi connectivity index (χ3v) is 2.59. The minimum atomic E-state index is -0.0787. The average molecular weight is 176 g/mol. The van der Waals surface area contributed by atoms with E-state index in [1.165, 1.54) is 5.56 Å². The molecule has 0 spiro atoms. The van der Waals surface area contributed by atoms with Gasteiger partial charge >= 0.3 is 0 Å². The maximum Gasteiger partial charge on any atom is 0.241 e. The molecule has 2 rings (SSSR count). The van der Waals surface area contributed by atoms with Crippen molar-refractivity contribution in [2.75, 3.05) is 0 Å². The lowest BCUT2D eigenvalue weighted by atomic mass is 10.0. The molecule has 0 radical (unpaired) electrons. The molecular weight excluding hydrogens is 164 g/mol. The number of carbonyl (C=O) groups excluding carboxylic acids is 1. The van der Waals surface area contributed by atoms with Crippen LogP contribution in [0.1, 0.15) is 23.5 Å². The Bertz CT molecular complexity index is 335. The highest BCUT2D eigenvalue weighted by Gasteiger charge is 2.27. The number of hydrogen-bond donors (Lipinski definition) is 2. The van der Waals surface area contributed by atoms with Gasteiger partial charge in [-0.25, -0.2) is 5.84 Å². The van der Waals surface area contributed by atoms with Crippen LogP contribution in [0.15, 0.2) is 24.3 Å². The van der Waals surface area contributed by atoms with Crippen molar-refractivity contribution in [2.45, 2.75) is 18.8 Å². The Balaban J connectivity index is 2.33. The molecular formula is C10H12N2O. The Kier molecular flexibility index (Phi) is 2.02. The Morgan fingerprint density at radius 2 is 2.23 bits per heavy atom. The molecule has 1 amide bonds. The molecule has 0 aliphatic heterocycles. The van der Waals surface area contributed by atoms with E-state index < -0.39 is 0 Å². The Hall–Kier alpha value is -1.35. The molecule has 1 aromatic rings. The summed E-state index contributed by atoms with van der Waals surface area (Å²) in [7, 11) is 0. The lowest BCUT2D eigenvalue weighted by Gasteiger charge is -2.08. The number of nitrogens with two attached hydrogens (primary N) is 1. The zero-order chi connectivity index (χ0) is 9.26. The van der Waals surface area contributed by atoms with Crippen LogP contribution in [0.2, 0.25) is 0 Å². The van der Waals surface area contributed by atoms with Crippen molar-refractivity contribution in [1.29, 1.82) is 0 Å². The topological polar surface area (TPSA) is 55.1 Å². The van der Waals surface area contributed by atoms with Crippen LogP contribution in [0.25, 0.3) is 0 Å². The fourth-order valence-corrected chi connectivity index (χ4v) is 1.93. The number of hydrogen-bond acceptors (Lipinski definition) is 2.